The molecule has 0 saturated carbocycles. The smallest absolute Gasteiger partial charge is 0.262 e. The summed E-state index contributed by atoms with van der Waals surface area (Å²) < 4.78 is 0. The average Bonchev–Trinajstić information content (AvgIpc) is 2.94. The van der Waals surface area contributed by atoms with Crippen molar-refractivity contribution in [3.8, 4) is 6.07 Å². The summed E-state index contributed by atoms with van der Waals surface area (Å²) >= 11 is 7.13. The molecule has 0 bridgehead atoms. The van der Waals surface area contributed by atoms with Crippen LogP contribution in [0.3, 0.4) is 0 Å². The molecule has 3 rings (SSSR count). The number of hydrogen-bond donors (Lipinski definition) is 1. The van der Waals surface area contributed by atoms with Gasteiger partial charge in [0.15, 0.2) is 0 Å². The summed E-state index contributed by atoms with van der Waals surface area (Å²) in [5.41, 5.74) is 7.80. The number of amides is 2. The molecule has 2 aromatic rings. The first-order chi connectivity index (χ1) is 12.9. The van der Waals surface area contributed by atoms with E-state index in [1.807, 2.05) is 37.3 Å². The SMILES string of the molecule is Cc1ccccc1C[C@H]1S/C(=C(\C#N)C(N)=O)N(c2ccc(Cl)cc2)C1=O. The molecule has 1 fully saturated rings. The van der Waals surface area contributed by atoms with Crippen molar-refractivity contribution >= 4 is 40.9 Å². The van der Waals surface area contributed by atoms with Crippen molar-refractivity contribution in [3.63, 3.8) is 0 Å². The average molecular weight is 398 g/mol. The molecule has 2 N–H and O–H groups in total. The Morgan fingerprint density at radius 3 is 2.52 bits per heavy atom. The monoisotopic (exact) mass is 397 g/mol. The van der Waals surface area contributed by atoms with E-state index in [4.69, 9.17) is 17.3 Å². The highest BCUT2D eigenvalue weighted by Gasteiger charge is 2.40. The molecule has 1 aliphatic rings. The van der Waals surface area contributed by atoms with Gasteiger partial charge in [0.25, 0.3) is 5.91 Å². The highest BCUT2D eigenvalue weighted by molar-refractivity contribution is 8.05. The summed E-state index contributed by atoms with van der Waals surface area (Å²) in [5.74, 6) is -1.06. The molecule has 5 nitrogen and oxygen atoms in total. The molecule has 2 aromatic carbocycles. The lowest BCUT2D eigenvalue weighted by molar-refractivity contribution is -0.117. The normalized spacial score (nSPS) is 18.3. The van der Waals surface area contributed by atoms with E-state index in [-0.39, 0.29) is 16.5 Å². The molecule has 0 aromatic heterocycles. The van der Waals surface area contributed by atoms with E-state index in [2.05, 4.69) is 0 Å². The number of hydrogen-bond acceptors (Lipinski definition) is 4. The quantitative estimate of drug-likeness (QED) is 0.631. The van der Waals surface area contributed by atoms with Gasteiger partial charge in [-0.05, 0) is 48.7 Å². The summed E-state index contributed by atoms with van der Waals surface area (Å²) in [6, 6.07) is 16.3. The van der Waals surface area contributed by atoms with E-state index >= 15 is 0 Å². The van der Waals surface area contributed by atoms with E-state index in [0.717, 1.165) is 11.1 Å². The van der Waals surface area contributed by atoms with Crippen LogP contribution in [0.15, 0.2) is 59.1 Å². The summed E-state index contributed by atoms with van der Waals surface area (Å²) in [4.78, 5) is 26.3. The molecule has 0 spiro atoms. The van der Waals surface area contributed by atoms with Crippen LogP contribution < -0.4 is 10.6 Å². The molecule has 7 heteroatoms. The van der Waals surface area contributed by atoms with Crippen LogP contribution in [0.25, 0.3) is 0 Å². The predicted octanol–water partition coefficient (Wildman–Crippen LogP) is 3.56. The maximum Gasteiger partial charge on any atom is 0.262 e. The summed E-state index contributed by atoms with van der Waals surface area (Å²) in [6.07, 6.45) is 0.487. The number of nitrogens with zero attached hydrogens (tertiary/aromatic N) is 2. The molecule has 0 unspecified atom stereocenters. The highest BCUT2D eigenvalue weighted by Crippen LogP contribution is 2.42. The summed E-state index contributed by atoms with van der Waals surface area (Å²) in [7, 11) is 0. The standard InChI is InChI=1S/C20H16ClN3O2S/c1-12-4-2-3-5-13(12)10-17-19(26)24(15-8-6-14(21)7-9-15)20(27-17)16(11-22)18(23)25/h2-9,17H,10H2,1H3,(H2,23,25)/b20-16+/t17-/m1/s1. The number of aryl methyl sites for hydroxylation is 1. The predicted molar refractivity (Wildman–Crippen MR) is 107 cm³/mol. The van der Waals surface area contributed by atoms with Gasteiger partial charge in [-0.1, -0.05) is 47.6 Å². The lowest BCUT2D eigenvalue weighted by Gasteiger charge is -2.18. The van der Waals surface area contributed by atoms with E-state index < -0.39 is 11.2 Å². The first-order valence-corrected chi connectivity index (χ1v) is 9.43. The van der Waals surface area contributed by atoms with E-state index in [1.165, 1.54) is 16.7 Å². The van der Waals surface area contributed by atoms with Gasteiger partial charge in [-0.2, -0.15) is 5.26 Å². The minimum absolute atomic E-state index is 0.199. The number of halogens is 1. The van der Waals surface area contributed by atoms with Crippen molar-refractivity contribution in [2.24, 2.45) is 5.73 Å². The maximum absolute atomic E-state index is 13.1. The number of carbonyl (C=O) groups is 2. The van der Waals surface area contributed by atoms with Crippen LogP contribution in [0.4, 0.5) is 5.69 Å². The number of nitriles is 1. The fraction of sp³-hybridized carbons (Fsp3) is 0.150. The van der Waals surface area contributed by atoms with Crippen LogP contribution in [0.1, 0.15) is 11.1 Å². The van der Waals surface area contributed by atoms with Gasteiger partial charge in [-0.25, -0.2) is 0 Å². The molecule has 2 amide bonds. The van der Waals surface area contributed by atoms with Crippen molar-refractivity contribution in [2.45, 2.75) is 18.6 Å². The zero-order chi connectivity index (χ0) is 19.6. The van der Waals surface area contributed by atoms with Gasteiger partial charge in [-0.3, -0.25) is 14.5 Å². The zero-order valence-electron chi connectivity index (χ0n) is 14.5. The molecule has 1 heterocycles. The van der Waals surface area contributed by atoms with E-state index in [9.17, 15) is 14.9 Å². The van der Waals surface area contributed by atoms with Crippen molar-refractivity contribution < 1.29 is 9.59 Å². The number of carbonyl (C=O) groups excluding carboxylic acids is 2. The van der Waals surface area contributed by atoms with E-state index in [0.29, 0.717) is 17.1 Å². The van der Waals surface area contributed by atoms with Crippen LogP contribution in [-0.4, -0.2) is 17.1 Å². The molecule has 1 atom stereocenters. The number of anilines is 1. The second-order valence-electron chi connectivity index (χ2n) is 6.04. The van der Waals surface area contributed by atoms with Gasteiger partial charge in [-0.15, -0.1) is 0 Å². The molecule has 1 saturated heterocycles. The first-order valence-electron chi connectivity index (χ1n) is 8.17. The molecule has 0 aliphatic carbocycles. The number of thioether (sulfide) groups is 1. The number of nitrogens with two attached hydrogens (primary N) is 1. The third-order valence-corrected chi connectivity index (χ3v) is 5.79. The molecule has 136 valence electrons. The third-order valence-electron chi connectivity index (χ3n) is 4.28. The Morgan fingerprint density at radius 1 is 1.26 bits per heavy atom. The van der Waals surface area contributed by atoms with Gasteiger partial charge >= 0.3 is 0 Å². The second kappa shape index (κ2) is 7.87. The van der Waals surface area contributed by atoms with Gasteiger partial charge in [0.1, 0.15) is 16.7 Å². The molecule has 27 heavy (non-hydrogen) atoms. The van der Waals surface area contributed by atoms with Crippen LogP contribution in [0.5, 0.6) is 0 Å². The first kappa shape index (κ1) is 19.0. The van der Waals surface area contributed by atoms with Crippen molar-refractivity contribution in [1.82, 2.24) is 0 Å². The van der Waals surface area contributed by atoms with Crippen LogP contribution in [0, 0.1) is 18.3 Å². The Bertz CT molecular complexity index is 979. The molecular formula is C20H16ClN3O2S. The summed E-state index contributed by atoms with van der Waals surface area (Å²) in [5, 5.41) is 9.72. The third kappa shape index (κ3) is 3.85. The summed E-state index contributed by atoms with van der Waals surface area (Å²) in [6.45, 7) is 1.98. The molecule has 0 radical (unpaired) electrons. The Kier molecular flexibility index (Phi) is 5.54. The second-order valence-corrected chi connectivity index (χ2v) is 7.67. The van der Waals surface area contributed by atoms with Crippen molar-refractivity contribution in [2.75, 3.05) is 4.90 Å². The fourth-order valence-electron chi connectivity index (χ4n) is 2.86. The van der Waals surface area contributed by atoms with Gasteiger partial charge in [0.2, 0.25) is 5.91 Å². The van der Waals surface area contributed by atoms with Crippen molar-refractivity contribution in [1.29, 1.82) is 5.26 Å². The van der Waals surface area contributed by atoms with Crippen LogP contribution >= 0.6 is 23.4 Å². The van der Waals surface area contributed by atoms with Gasteiger partial charge in [0.05, 0.1) is 5.25 Å². The minimum Gasteiger partial charge on any atom is -0.365 e. The Morgan fingerprint density at radius 2 is 1.93 bits per heavy atom. The van der Waals surface area contributed by atoms with Gasteiger partial charge in [0, 0.05) is 10.7 Å². The zero-order valence-corrected chi connectivity index (χ0v) is 16.1. The van der Waals surface area contributed by atoms with Crippen LogP contribution in [0.2, 0.25) is 5.02 Å². The minimum atomic E-state index is -0.858. The number of primary amides is 1. The van der Waals surface area contributed by atoms with E-state index in [1.54, 1.807) is 24.3 Å². The van der Waals surface area contributed by atoms with Gasteiger partial charge < -0.3 is 5.73 Å². The van der Waals surface area contributed by atoms with Crippen LogP contribution in [-0.2, 0) is 16.0 Å². The lowest BCUT2D eigenvalue weighted by atomic mass is 10.0. The Labute approximate surface area is 166 Å². The number of rotatable bonds is 4. The lowest BCUT2D eigenvalue weighted by Crippen LogP contribution is -2.31. The largest absolute Gasteiger partial charge is 0.365 e. The maximum atomic E-state index is 13.1. The van der Waals surface area contributed by atoms with Crippen molar-refractivity contribution in [3.05, 3.63) is 75.3 Å². The highest BCUT2D eigenvalue weighted by atomic mass is 35.5. The number of benzene rings is 2. The topological polar surface area (TPSA) is 87.2 Å². The molecular weight excluding hydrogens is 382 g/mol. The Balaban J connectivity index is 2.05. The fourth-order valence-corrected chi connectivity index (χ4v) is 4.29. The molecule has 1 aliphatic heterocycles. The Hall–Kier alpha value is -2.75.